The van der Waals surface area contributed by atoms with E-state index < -0.39 is 7.12 Å². The van der Waals surface area contributed by atoms with Gasteiger partial charge in [-0.05, 0) is 68.9 Å². The van der Waals surface area contributed by atoms with Crippen molar-refractivity contribution in [3.05, 3.63) is 36.4 Å². The van der Waals surface area contributed by atoms with Gasteiger partial charge in [0.25, 0.3) is 5.91 Å². The molecular weight excluding hydrogens is 389 g/mol. The van der Waals surface area contributed by atoms with Crippen LogP contribution >= 0.6 is 0 Å². The second kappa shape index (κ2) is 8.83. The standard InChI is InChI=1S/C25H34BNO4/c1-24(2)25(3,4)31-26(30-24)20-13-11-18-12-14-22(16-19(18)15-20)29-17-23(28)27-21-9-7-5-6-8-10-21/h11-16,21H,5-10,17H2,1-4H3,(H,27,28). The number of carbonyl (C=O) groups excluding carboxylic acids is 1. The van der Waals surface area contributed by atoms with E-state index in [0.29, 0.717) is 5.75 Å². The highest BCUT2D eigenvalue weighted by Crippen LogP contribution is 2.36. The maximum absolute atomic E-state index is 12.3. The molecule has 1 saturated carbocycles. The molecule has 0 bridgehead atoms. The van der Waals surface area contributed by atoms with Gasteiger partial charge in [-0.25, -0.2) is 0 Å². The smallest absolute Gasteiger partial charge is 0.484 e. The van der Waals surface area contributed by atoms with Gasteiger partial charge in [-0.3, -0.25) is 4.79 Å². The zero-order chi connectivity index (χ0) is 22.1. The number of fused-ring (bicyclic) bond motifs is 1. The van der Waals surface area contributed by atoms with E-state index in [1.165, 1.54) is 25.7 Å². The Balaban J connectivity index is 1.41. The van der Waals surface area contributed by atoms with Gasteiger partial charge in [0.1, 0.15) is 5.75 Å². The van der Waals surface area contributed by atoms with Gasteiger partial charge in [-0.15, -0.1) is 0 Å². The molecule has 31 heavy (non-hydrogen) atoms. The van der Waals surface area contributed by atoms with Crippen molar-refractivity contribution in [2.24, 2.45) is 0 Å². The quantitative estimate of drug-likeness (QED) is 0.574. The average Bonchev–Trinajstić information content (AvgIpc) is 2.88. The summed E-state index contributed by atoms with van der Waals surface area (Å²) in [7, 11) is -0.399. The topological polar surface area (TPSA) is 56.8 Å². The predicted molar refractivity (Wildman–Crippen MR) is 125 cm³/mol. The average molecular weight is 423 g/mol. The van der Waals surface area contributed by atoms with Gasteiger partial charge in [0.15, 0.2) is 6.61 Å². The minimum Gasteiger partial charge on any atom is -0.484 e. The minimum absolute atomic E-state index is 0.0406. The van der Waals surface area contributed by atoms with Gasteiger partial charge in [0.05, 0.1) is 11.2 Å². The summed E-state index contributed by atoms with van der Waals surface area (Å²) in [5.74, 6) is 0.646. The van der Waals surface area contributed by atoms with Crippen molar-refractivity contribution >= 4 is 29.3 Å². The lowest BCUT2D eigenvalue weighted by molar-refractivity contribution is -0.123. The first-order valence-electron chi connectivity index (χ1n) is 11.6. The van der Waals surface area contributed by atoms with Crippen molar-refractivity contribution in [3.8, 4) is 5.75 Å². The molecule has 0 spiro atoms. The van der Waals surface area contributed by atoms with E-state index in [-0.39, 0.29) is 29.8 Å². The first kappa shape index (κ1) is 22.2. The molecule has 0 aromatic heterocycles. The first-order chi connectivity index (χ1) is 14.7. The number of amides is 1. The number of ether oxygens (including phenoxy) is 1. The zero-order valence-corrected chi connectivity index (χ0v) is 19.2. The molecule has 4 rings (SSSR count). The molecule has 6 heteroatoms. The molecule has 1 N–H and O–H groups in total. The SMILES string of the molecule is CC1(C)OB(c2ccc3ccc(OCC(=O)NC4CCCCCC4)cc3c2)OC1(C)C. The Morgan fingerprint density at radius 3 is 2.29 bits per heavy atom. The number of carbonyl (C=O) groups is 1. The molecule has 1 heterocycles. The zero-order valence-electron chi connectivity index (χ0n) is 19.2. The van der Waals surface area contributed by atoms with Crippen molar-refractivity contribution in [3.63, 3.8) is 0 Å². The highest BCUT2D eigenvalue weighted by Gasteiger charge is 2.51. The Morgan fingerprint density at radius 1 is 0.968 bits per heavy atom. The summed E-state index contributed by atoms with van der Waals surface area (Å²) >= 11 is 0. The van der Waals surface area contributed by atoms with Crippen molar-refractivity contribution in [2.45, 2.75) is 83.5 Å². The summed E-state index contributed by atoms with van der Waals surface area (Å²) in [6.07, 6.45) is 7.08. The molecular formula is C25H34BNO4. The van der Waals surface area contributed by atoms with E-state index in [9.17, 15) is 4.79 Å². The molecule has 2 aromatic carbocycles. The van der Waals surface area contributed by atoms with Gasteiger partial charge in [0.2, 0.25) is 0 Å². The Bertz CT molecular complexity index is 918. The molecule has 1 saturated heterocycles. The summed E-state index contributed by atoms with van der Waals surface area (Å²) < 4.78 is 18.2. The van der Waals surface area contributed by atoms with Gasteiger partial charge < -0.3 is 19.4 Å². The van der Waals surface area contributed by atoms with Gasteiger partial charge in [-0.1, -0.05) is 49.9 Å². The van der Waals surface area contributed by atoms with Crippen LogP contribution < -0.4 is 15.5 Å². The minimum atomic E-state index is -0.399. The molecule has 1 aliphatic heterocycles. The van der Waals surface area contributed by atoms with Crippen molar-refractivity contribution in [1.29, 1.82) is 0 Å². The third-order valence-electron chi connectivity index (χ3n) is 6.95. The molecule has 0 unspecified atom stereocenters. The maximum atomic E-state index is 12.3. The molecule has 5 nitrogen and oxygen atoms in total. The molecule has 166 valence electrons. The van der Waals surface area contributed by atoms with Crippen LogP contribution in [0.25, 0.3) is 10.8 Å². The third-order valence-corrected chi connectivity index (χ3v) is 6.95. The van der Waals surface area contributed by atoms with Gasteiger partial charge in [-0.2, -0.15) is 0 Å². The fourth-order valence-electron chi connectivity index (χ4n) is 4.30. The molecule has 0 radical (unpaired) electrons. The summed E-state index contributed by atoms with van der Waals surface area (Å²) in [6, 6.07) is 12.4. The summed E-state index contributed by atoms with van der Waals surface area (Å²) in [4.78, 5) is 12.3. The highest BCUT2D eigenvalue weighted by molar-refractivity contribution is 6.62. The molecule has 1 amide bonds. The second-order valence-corrected chi connectivity index (χ2v) is 9.90. The van der Waals surface area contributed by atoms with Crippen molar-refractivity contribution in [2.75, 3.05) is 6.61 Å². The van der Waals surface area contributed by atoms with Crippen LogP contribution in [-0.2, 0) is 14.1 Å². The predicted octanol–water partition coefficient (Wildman–Crippen LogP) is 4.36. The normalized spacial score (nSPS) is 21.1. The van der Waals surface area contributed by atoms with Crippen LogP contribution in [0.15, 0.2) is 36.4 Å². The van der Waals surface area contributed by atoms with E-state index in [1.54, 1.807) is 0 Å². The van der Waals surface area contributed by atoms with Crippen LogP contribution in [0.2, 0.25) is 0 Å². The monoisotopic (exact) mass is 423 g/mol. The summed E-state index contributed by atoms with van der Waals surface area (Å²) in [6.45, 7) is 8.26. The van der Waals surface area contributed by atoms with E-state index in [4.69, 9.17) is 14.0 Å². The largest absolute Gasteiger partial charge is 0.494 e. The van der Waals surface area contributed by atoms with Gasteiger partial charge in [0, 0.05) is 6.04 Å². The molecule has 2 fully saturated rings. The summed E-state index contributed by atoms with van der Waals surface area (Å²) in [5, 5.41) is 5.27. The van der Waals surface area contributed by atoms with E-state index >= 15 is 0 Å². The summed E-state index contributed by atoms with van der Waals surface area (Å²) in [5.41, 5.74) is 0.235. The number of nitrogens with one attached hydrogen (secondary N) is 1. The maximum Gasteiger partial charge on any atom is 0.494 e. The molecule has 1 aliphatic carbocycles. The number of benzene rings is 2. The van der Waals surface area contributed by atoms with Crippen LogP contribution in [0.1, 0.15) is 66.2 Å². The van der Waals surface area contributed by atoms with E-state index in [1.807, 2.05) is 24.3 Å². The van der Waals surface area contributed by atoms with Crippen LogP contribution in [0.5, 0.6) is 5.75 Å². The number of hydrogen-bond donors (Lipinski definition) is 1. The Morgan fingerprint density at radius 2 is 1.61 bits per heavy atom. The van der Waals surface area contributed by atoms with Crippen molar-refractivity contribution < 1.29 is 18.8 Å². The van der Waals surface area contributed by atoms with Gasteiger partial charge >= 0.3 is 7.12 Å². The molecule has 2 aliphatic rings. The fourth-order valence-corrected chi connectivity index (χ4v) is 4.30. The van der Waals surface area contributed by atoms with Crippen LogP contribution in [0.4, 0.5) is 0 Å². The number of rotatable bonds is 5. The Kier molecular flexibility index (Phi) is 6.31. The van der Waals surface area contributed by atoms with Crippen LogP contribution in [-0.4, -0.2) is 36.9 Å². The Labute approximate surface area is 186 Å². The molecule has 2 aromatic rings. The van der Waals surface area contributed by atoms with E-state index in [2.05, 4.69) is 45.1 Å². The highest BCUT2D eigenvalue weighted by atomic mass is 16.7. The lowest BCUT2D eigenvalue weighted by Gasteiger charge is -2.32. The first-order valence-corrected chi connectivity index (χ1v) is 11.6. The van der Waals surface area contributed by atoms with Crippen LogP contribution in [0.3, 0.4) is 0 Å². The third kappa shape index (κ3) is 5.07. The van der Waals surface area contributed by atoms with E-state index in [0.717, 1.165) is 29.1 Å². The fraction of sp³-hybridized carbons (Fsp3) is 0.560. The lowest BCUT2D eigenvalue weighted by atomic mass is 9.78. The number of hydrogen-bond acceptors (Lipinski definition) is 4. The second-order valence-electron chi connectivity index (χ2n) is 9.90. The molecule has 0 atom stereocenters. The van der Waals surface area contributed by atoms with Crippen molar-refractivity contribution in [1.82, 2.24) is 5.32 Å². The lowest BCUT2D eigenvalue weighted by Crippen LogP contribution is -2.41. The Hall–Kier alpha value is -2.05. The van der Waals surface area contributed by atoms with Crippen LogP contribution in [0, 0.1) is 0 Å².